The molecule has 0 spiro atoms. The minimum absolute atomic E-state index is 0.978. The first-order valence-electron chi connectivity index (χ1n) is 6.80. The minimum Gasteiger partial charge on any atom is -0.347 e. The molecule has 0 radical (unpaired) electrons. The number of rotatable bonds is 2. The molecule has 0 aliphatic carbocycles. The summed E-state index contributed by atoms with van der Waals surface area (Å²) >= 11 is 1.76. The van der Waals surface area contributed by atoms with Crippen LogP contribution >= 0.6 is 11.3 Å². The topological polar surface area (TPSA) is 17.8 Å². The molecular formula is C17H14N2S. The van der Waals surface area contributed by atoms with Gasteiger partial charge in [-0.3, -0.25) is 0 Å². The van der Waals surface area contributed by atoms with Gasteiger partial charge in [0.2, 0.25) is 0 Å². The van der Waals surface area contributed by atoms with Gasteiger partial charge in [0.25, 0.3) is 0 Å². The second-order valence-corrected chi connectivity index (χ2v) is 5.86. The molecule has 20 heavy (non-hydrogen) atoms. The Kier molecular flexibility index (Phi) is 2.60. The highest BCUT2D eigenvalue weighted by atomic mass is 32.1. The summed E-state index contributed by atoms with van der Waals surface area (Å²) in [5.74, 6) is 0. The first-order chi connectivity index (χ1) is 9.86. The number of hydrogen-bond acceptors (Lipinski definition) is 2. The van der Waals surface area contributed by atoms with E-state index in [1.54, 1.807) is 11.3 Å². The standard InChI is InChI=1S/C17H14N2S/c1-2-19-11-13(12-7-3-5-9-15(12)19)17-18-14-8-4-6-10-16(14)20-17/h3-11H,2H2,1H3. The SMILES string of the molecule is CCn1cc(-c2nc3ccccc3s2)c2ccccc21. The Morgan fingerprint density at radius 2 is 1.85 bits per heavy atom. The third-order valence-electron chi connectivity index (χ3n) is 3.65. The number of benzene rings is 2. The van der Waals surface area contributed by atoms with Crippen molar-refractivity contribution < 1.29 is 0 Å². The highest BCUT2D eigenvalue weighted by Gasteiger charge is 2.12. The maximum atomic E-state index is 4.79. The van der Waals surface area contributed by atoms with Crippen molar-refractivity contribution in [1.29, 1.82) is 0 Å². The monoisotopic (exact) mass is 278 g/mol. The molecular weight excluding hydrogens is 264 g/mol. The van der Waals surface area contributed by atoms with Crippen LogP contribution in [0.15, 0.2) is 54.7 Å². The second kappa shape index (κ2) is 4.46. The molecule has 0 saturated carbocycles. The van der Waals surface area contributed by atoms with Gasteiger partial charge in [0.05, 0.1) is 10.2 Å². The lowest BCUT2D eigenvalue weighted by atomic mass is 10.2. The fourth-order valence-corrected chi connectivity index (χ4v) is 3.66. The van der Waals surface area contributed by atoms with Gasteiger partial charge in [-0.15, -0.1) is 11.3 Å². The van der Waals surface area contributed by atoms with Crippen LogP contribution in [0.1, 0.15) is 6.92 Å². The van der Waals surface area contributed by atoms with Crippen molar-refractivity contribution in [2.24, 2.45) is 0 Å². The summed E-state index contributed by atoms with van der Waals surface area (Å²) in [6.45, 7) is 3.15. The lowest BCUT2D eigenvalue weighted by Gasteiger charge is -1.97. The van der Waals surface area contributed by atoms with Gasteiger partial charge in [0.1, 0.15) is 5.01 Å². The highest BCUT2D eigenvalue weighted by molar-refractivity contribution is 7.21. The van der Waals surface area contributed by atoms with Crippen LogP contribution in [0, 0.1) is 0 Å². The van der Waals surface area contributed by atoms with E-state index in [1.807, 2.05) is 6.07 Å². The second-order valence-electron chi connectivity index (χ2n) is 4.83. The van der Waals surface area contributed by atoms with Gasteiger partial charge in [0, 0.05) is 29.2 Å². The van der Waals surface area contributed by atoms with Crippen molar-refractivity contribution in [2.75, 3.05) is 0 Å². The lowest BCUT2D eigenvalue weighted by molar-refractivity contribution is 0.798. The Labute approximate surface area is 121 Å². The van der Waals surface area contributed by atoms with E-state index < -0.39 is 0 Å². The summed E-state index contributed by atoms with van der Waals surface area (Å²) < 4.78 is 3.53. The van der Waals surface area contributed by atoms with E-state index in [0.29, 0.717) is 0 Å². The van der Waals surface area contributed by atoms with E-state index >= 15 is 0 Å². The zero-order valence-electron chi connectivity index (χ0n) is 11.2. The molecule has 0 amide bonds. The summed E-state index contributed by atoms with van der Waals surface area (Å²) in [5.41, 5.74) is 3.61. The maximum Gasteiger partial charge on any atom is 0.126 e. The molecule has 3 heteroatoms. The van der Waals surface area contributed by atoms with E-state index in [1.165, 1.54) is 21.2 Å². The molecule has 0 unspecified atom stereocenters. The smallest absolute Gasteiger partial charge is 0.126 e. The van der Waals surface area contributed by atoms with Crippen molar-refractivity contribution in [3.63, 3.8) is 0 Å². The number of hydrogen-bond donors (Lipinski definition) is 0. The average molecular weight is 278 g/mol. The van der Waals surface area contributed by atoms with Crippen LogP contribution in [-0.2, 0) is 6.54 Å². The molecule has 0 N–H and O–H groups in total. The first-order valence-corrected chi connectivity index (χ1v) is 7.62. The van der Waals surface area contributed by atoms with E-state index in [0.717, 1.165) is 17.1 Å². The Morgan fingerprint density at radius 3 is 2.70 bits per heavy atom. The number of nitrogens with zero attached hydrogens (tertiary/aromatic N) is 2. The molecule has 0 fully saturated rings. The number of fused-ring (bicyclic) bond motifs is 2. The fraction of sp³-hybridized carbons (Fsp3) is 0.118. The molecule has 0 saturated heterocycles. The van der Waals surface area contributed by atoms with Crippen LogP contribution in [0.25, 0.3) is 31.7 Å². The summed E-state index contributed by atoms with van der Waals surface area (Å²) in [5, 5.41) is 2.39. The lowest BCUT2D eigenvalue weighted by Crippen LogP contribution is -1.89. The zero-order valence-corrected chi connectivity index (χ0v) is 12.0. The minimum atomic E-state index is 0.978. The maximum absolute atomic E-state index is 4.79. The van der Waals surface area contributed by atoms with Crippen molar-refractivity contribution >= 4 is 32.5 Å². The molecule has 2 heterocycles. The molecule has 0 aliphatic rings. The van der Waals surface area contributed by atoms with Crippen molar-refractivity contribution in [3.05, 3.63) is 54.7 Å². The van der Waals surface area contributed by atoms with Gasteiger partial charge in [-0.05, 0) is 25.1 Å². The van der Waals surface area contributed by atoms with Crippen molar-refractivity contribution in [1.82, 2.24) is 9.55 Å². The molecule has 4 aromatic rings. The highest BCUT2D eigenvalue weighted by Crippen LogP contribution is 2.35. The zero-order chi connectivity index (χ0) is 13.5. The summed E-state index contributed by atoms with van der Waals surface area (Å²) in [4.78, 5) is 4.79. The first kappa shape index (κ1) is 11.7. The molecule has 2 aromatic carbocycles. The molecule has 98 valence electrons. The van der Waals surface area contributed by atoms with Gasteiger partial charge < -0.3 is 4.57 Å². The molecule has 2 aromatic heterocycles. The predicted octanol–water partition coefficient (Wildman–Crippen LogP) is 4.94. The molecule has 2 nitrogen and oxygen atoms in total. The number of para-hydroxylation sites is 2. The molecule has 0 bridgehead atoms. The van der Waals surface area contributed by atoms with Crippen LogP contribution in [0.3, 0.4) is 0 Å². The van der Waals surface area contributed by atoms with Crippen molar-refractivity contribution in [3.8, 4) is 10.6 Å². The van der Waals surface area contributed by atoms with Gasteiger partial charge in [0.15, 0.2) is 0 Å². The van der Waals surface area contributed by atoms with Gasteiger partial charge >= 0.3 is 0 Å². The van der Waals surface area contributed by atoms with Crippen LogP contribution in [0.5, 0.6) is 0 Å². The molecule has 0 aliphatic heterocycles. The molecule has 0 atom stereocenters. The van der Waals surface area contributed by atoms with Gasteiger partial charge in [-0.2, -0.15) is 0 Å². The Bertz CT molecular complexity index is 869. The number of aromatic nitrogens is 2. The number of aryl methyl sites for hydroxylation is 1. The Morgan fingerprint density at radius 1 is 1.05 bits per heavy atom. The Balaban J connectivity index is 2.01. The van der Waals surface area contributed by atoms with Gasteiger partial charge in [-0.1, -0.05) is 30.3 Å². The Hall–Kier alpha value is -2.13. The number of thiazole rings is 1. The normalized spacial score (nSPS) is 11.4. The van der Waals surface area contributed by atoms with E-state index in [9.17, 15) is 0 Å². The van der Waals surface area contributed by atoms with Crippen LogP contribution < -0.4 is 0 Å². The van der Waals surface area contributed by atoms with E-state index in [2.05, 4.69) is 60.2 Å². The predicted molar refractivity (Wildman–Crippen MR) is 86.2 cm³/mol. The van der Waals surface area contributed by atoms with Crippen LogP contribution in [0.4, 0.5) is 0 Å². The summed E-state index contributed by atoms with van der Waals surface area (Å²) in [7, 11) is 0. The summed E-state index contributed by atoms with van der Waals surface area (Å²) in [6, 6.07) is 16.9. The quantitative estimate of drug-likeness (QED) is 0.508. The van der Waals surface area contributed by atoms with E-state index in [4.69, 9.17) is 4.98 Å². The molecule has 4 rings (SSSR count). The van der Waals surface area contributed by atoms with Gasteiger partial charge in [-0.25, -0.2) is 4.98 Å². The summed E-state index contributed by atoms with van der Waals surface area (Å²) in [6.07, 6.45) is 2.22. The third-order valence-corrected chi connectivity index (χ3v) is 4.72. The van der Waals surface area contributed by atoms with E-state index in [-0.39, 0.29) is 0 Å². The third kappa shape index (κ3) is 1.67. The van der Waals surface area contributed by atoms with Crippen molar-refractivity contribution in [2.45, 2.75) is 13.5 Å². The largest absolute Gasteiger partial charge is 0.347 e. The van der Waals surface area contributed by atoms with Crippen LogP contribution in [-0.4, -0.2) is 9.55 Å². The average Bonchev–Trinajstić information content (AvgIpc) is 3.08. The van der Waals surface area contributed by atoms with Crippen LogP contribution in [0.2, 0.25) is 0 Å². The fourth-order valence-electron chi connectivity index (χ4n) is 2.67.